The van der Waals surface area contributed by atoms with Crippen molar-refractivity contribution >= 4 is 12.0 Å². The van der Waals surface area contributed by atoms with E-state index in [1.807, 2.05) is 30.4 Å². The number of allylic oxidation sites excluding steroid dienone is 2. The molecule has 1 aliphatic rings. The lowest BCUT2D eigenvalue weighted by Gasteiger charge is -2.06. The predicted octanol–water partition coefficient (Wildman–Crippen LogP) is 2.82. The van der Waals surface area contributed by atoms with Crippen LogP contribution in [0.25, 0.3) is 6.08 Å². The van der Waals surface area contributed by atoms with Gasteiger partial charge in [0.1, 0.15) is 0 Å². The molecule has 2 heteroatoms. The van der Waals surface area contributed by atoms with Gasteiger partial charge in [-0.3, -0.25) is 0 Å². The van der Waals surface area contributed by atoms with E-state index in [4.69, 9.17) is 4.74 Å². The molecule has 1 aliphatic heterocycles. The number of esters is 1. The van der Waals surface area contributed by atoms with Crippen molar-refractivity contribution in [2.24, 2.45) is 0 Å². The third-order valence-electron chi connectivity index (χ3n) is 2.33. The van der Waals surface area contributed by atoms with Crippen molar-refractivity contribution in [2.45, 2.75) is 6.42 Å². The van der Waals surface area contributed by atoms with E-state index in [2.05, 4.69) is 11.8 Å². The van der Waals surface area contributed by atoms with Gasteiger partial charge < -0.3 is 4.74 Å². The molecule has 0 saturated heterocycles. The molecule has 0 bridgehead atoms. The molecule has 0 fully saturated rings. The molecule has 0 N–H and O–H groups in total. The van der Waals surface area contributed by atoms with Gasteiger partial charge in [0.2, 0.25) is 0 Å². The van der Waals surface area contributed by atoms with E-state index in [1.54, 1.807) is 18.2 Å². The van der Waals surface area contributed by atoms with Gasteiger partial charge in [0, 0.05) is 6.42 Å². The van der Waals surface area contributed by atoms with Crippen LogP contribution in [0.5, 0.6) is 0 Å². The lowest BCUT2D eigenvalue weighted by atomic mass is 10.1. The average Bonchev–Trinajstić information content (AvgIpc) is 2.35. The maximum absolute atomic E-state index is 11.8. The second-order valence-electron chi connectivity index (χ2n) is 3.54. The summed E-state index contributed by atoms with van der Waals surface area (Å²) in [4.78, 5) is 11.8. The number of hydrogen-bond donors (Lipinski definition) is 0. The first-order valence-electron chi connectivity index (χ1n) is 5.47. The number of rotatable bonds is 0. The Balaban J connectivity index is 2.37. The maximum atomic E-state index is 11.8. The van der Waals surface area contributed by atoms with Crippen molar-refractivity contribution in [1.29, 1.82) is 0 Å². The van der Waals surface area contributed by atoms with Crippen molar-refractivity contribution in [3.05, 3.63) is 53.6 Å². The van der Waals surface area contributed by atoms with Crippen LogP contribution in [0.4, 0.5) is 0 Å². The molecular formula is C15H12O2. The van der Waals surface area contributed by atoms with Crippen LogP contribution in [0.3, 0.4) is 0 Å². The van der Waals surface area contributed by atoms with E-state index in [1.165, 1.54) is 0 Å². The standard InChI is InChI=1S/C15H12O2/c16-15-14-11-7-6-10-13(14)9-5-3-1-2-4-8-12-17-15/h2,4-7,9-11H,8,12H2/b4-2-,9-5-. The molecule has 0 spiro atoms. The quantitative estimate of drug-likeness (QED) is 0.500. The minimum absolute atomic E-state index is 0.285. The van der Waals surface area contributed by atoms with E-state index >= 15 is 0 Å². The molecule has 17 heavy (non-hydrogen) atoms. The molecular weight excluding hydrogens is 212 g/mol. The van der Waals surface area contributed by atoms with Crippen molar-refractivity contribution in [3.8, 4) is 11.8 Å². The van der Waals surface area contributed by atoms with Gasteiger partial charge in [0.05, 0.1) is 12.2 Å². The number of cyclic esters (lactones) is 1. The Hall–Kier alpha value is -2.27. The first kappa shape index (κ1) is 11.2. The first-order valence-corrected chi connectivity index (χ1v) is 5.47. The Morgan fingerprint density at radius 2 is 1.94 bits per heavy atom. The Bertz CT molecular complexity index is 527. The van der Waals surface area contributed by atoms with Crippen molar-refractivity contribution < 1.29 is 9.53 Å². The number of hydrogen-bond acceptors (Lipinski definition) is 2. The summed E-state index contributed by atoms with van der Waals surface area (Å²) in [5, 5.41) is 0. The lowest BCUT2D eigenvalue weighted by molar-refractivity contribution is 0.0511. The average molecular weight is 224 g/mol. The zero-order valence-electron chi connectivity index (χ0n) is 9.35. The van der Waals surface area contributed by atoms with E-state index in [0.717, 1.165) is 5.56 Å². The number of carbonyl (C=O) groups excluding carboxylic acids is 1. The Kier molecular flexibility index (Phi) is 3.77. The molecule has 1 aromatic carbocycles. The van der Waals surface area contributed by atoms with Crippen molar-refractivity contribution in [3.63, 3.8) is 0 Å². The van der Waals surface area contributed by atoms with Gasteiger partial charge in [-0.1, -0.05) is 36.1 Å². The highest BCUT2D eigenvalue weighted by molar-refractivity contribution is 5.93. The fraction of sp³-hybridized carbons (Fsp3) is 0.133. The van der Waals surface area contributed by atoms with Crippen LogP contribution in [-0.2, 0) is 4.74 Å². The normalized spacial score (nSPS) is 18.5. The zero-order chi connectivity index (χ0) is 11.9. The summed E-state index contributed by atoms with van der Waals surface area (Å²) in [6, 6.07) is 7.34. The van der Waals surface area contributed by atoms with E-state index in [-0.39, 0.29) is 5.97 Å². The molecule has 84 valence electrons. The molecule has 0 aromatic heterocycles. The van der Waals surface area contributed by atoms with E-state index in [0.29, 0.717) is 18.6 Å². The lowest BCUT2D eigenvalue weighted by Crippen LogP contribution is -2.07. The molecule has 2 nitrogen and oxygen atoms in total. The zero-order valence-corrected chi connectivity index (χ0v) is 9.35. The number of benzene rings is 1. The molecule has 0 saturated carbocycles. The topological polar surface area (TPSA) is 26.3 Å². The van der Waals surface area contributed by atoms with Crippen LogP contribution in [0, 0.1) is 11.8 Å². The van der Waals surface area contributed by atoms with Gasteiger partial charge in [0.15, 0.2) is 0 Å². The summed E-state index contributed by atoms with van der Waals surface area (Å²) in [5.41, 5.74) is 1.41. The third-order valence-corrected chi connectivity index (χ3v) is 2.33. The molecule has 0 aliphatic carbocycles. The Morgan fingerprint density at radius 3 is 2.88 bits per heavy atom. The van der Waals surface area contributed by atoms with Gasteiger partial charge in [0.25, 0.3) is 0 Å². The Labute approximate surface area is 101 Å². The fourth-order valence-corrected chi connectivity index (χ4v) is 1.50. The van der Waals surface area contributed by atoms with Crippen LogP contribution in [0.2, 0.25) is 0 Å². The Morgan fingerprint density at radius 1 is 1.12 bits per heavy atom. The molecule has 1 heterocycles. The van der Waals surface area contributed by atoms with Crippen LogP contribution in [-0.4, -0.2) is 12.6 Å². The minimum Gasteiger partial charge on any atom is -0.462 e. The van der Waals surface area contributed by atoms with Crippen LogP contribution < -0.4 is 0 Å². The largest absolute Gasteiger partial charge is 0.462 e. The summed E-state index contributed by atoms with van der Waals surface area (Å²) < 4.78 is 5.17. The minimum atomic E-state index is -0.285. The van der Waals surface area contributed by atoms with Gasteiger partial charge in [-0.05, 0) is 29.9 Å². The predicted molar refractivity (Wildman–Crippen MR) is 67.3 cm³/mol. The van der Waals surface area contributed by atoms with Gasteiger partial charge in [-0.2, -0.15) is 0 Å². The van der Waals surface area contributed by atoms with Crippen LogP contribution in [0.15, 0.2) is 42.5 Å². The van der Waals surface area contributed by atoms with Gasteiger partial charge in [-0.25, -0.2) is 4.79 Å². The highest BCUT2D eigenvalue weighted by atomic mass is 16.5. The van der Waals surface area contributed by atoms with Crippen molar-refractivity contribution in [2.75, 3.05) is 6.61 Å². The summed E-state index contributed by atoms with van der Waals surface area (Å²) in [7, 11) is 0. The second-order valence-corrected chi connectivity index (χ2v) is 3.54. The van der Waals surface area contributed by atoms with Gasteiger partial charge >= 0.3 is 5.97 Å². The molecule has 0 radical (unpaired) electrons. The summed E-state index contributed by atoms with van der Waals surface area (Å²) in [6.45, 7) is 0.384. The first-order chi connectivity index (χ1) is 8.38. The monoisotopic (exact) mass is 224 g/mol. The molecule has 0 unspecified atom stereocenters. The highest BCUT2D eigenvalue weighted by Crippen LogP contribution is 2.12. The van der Waals surface area contributed by atoms with E-state index in [9.17, 15) is 4.79 Å². The SMILES string of the molecule is O=C1OCC/C=C\C#C/C=C\c2ccccc21. The second kappa shape index (κ2) is 5.72. The smallest absolute Gasteiger partial charge is 0.338 e. The highest BCUT2D eigenvalue weighted by Gasteiger charge is 2.09. The van der Waals surface area contributed by atoms with Crippen molar-refractivity contribution in [1.82, 2.24) is 0 Å². The molecule has 2 rings (SSSR count). The van der Waals surface area contributed by atoms with Crippen LogP contribution >= 0.6 is 0 Å². The summed E-state index contributed by atoms with van der Waals surface area (Å²) >= 11 is 0. The van der Waals surface area contributed by atoms with Gasteiger partial charge in [-0.15, -0.1) is 0 Å². The number of carbonyl (C=O) groups is 1. The maximum Gasteiger partial charge on any atom is 0.338 e. The molecule has 0 atom stereocenters. The number of fused-ring (bicyclic) bond motifs is 1. The van der Waals surface area contributed by atoms with E-state index < -0.39 is 0 Å². The summed E-state index contributed by atoms with van der Waals surface area (Å²) in [6.07, 6.45) is 7.90. The molecule has 0 amide bonds. The third kappa shape index (κ3) is 3.09. The summed E-state index contributed by atoms with van der Waals surface area (Å²) in [5.74, 6) is 5.49. The molecule has 1 aromatic rings. The number of ether oxygens (including phenoxy) is 1. The van der Waals surface area contributed by atoms with Crippen LogP contribution in [0.1, 0.15) is 22.3 Å². The fourth-order valence-electron chi connectivity index (χ4n) is 1.50.